The molecular weight excluding hydrogens is 427 g/mol. The van der Waals surface area contributed by atoms with Crippen molar-refractivity contribution in [3.05, 3.63) is 23.8 Å². The van der Waals surface area contributed by atoms with Gasteiger partial charge >= 0.3 is 0 Å². The molecule has 0 bridgehead atoms. The third kappa shape index (κ3) is 3.76. The minimum absolute atomic E-state index is 0.0250. The van der Waals surface area contributed by atoms with E-state index in [1.807, 2.05) is 25.1 Å². The van der Waals surface area contributed by atoms with Gasteiger partial charge in [-0.1, -0.05) is 13.0 Å². The molecule has 1 aromatic rings. The zero-order chi connectivity index (χ0) is 24.3. The van der Waals surface area contributed by atoms with Crippen molar-refractivity contribution in [1.82, 2.24) is 0 Å². The fourth-order valence-corrected chi connectivity index (χ4v) is 8.99. The molecule has 0 amide bonds. The molecule has 5 nitrogen and oxygen atoms in total. The Bertz CT molecular complexity index is 939. The Kier molecular flexibility index (Phi) is 6.21. The normalized spacial score (nSPS) is 41.3. The van der Waals surface area contributed by atoms with Crippen LogP contribution in [0.2, 0.25) is 0 Å². The molecule has 1 aromatic carbocycles. The molecule has 0 saturated heterocycles. The minimum Gasteiger partial charge on any atom is -0.397 e. The molecule has 0 aliphatic heterocycles. The third-order valence-electron chi connectivity index (χ3n) is 10.8. The van der Waals surface area contributed by atoms with Crippen molar-refractivity contribution in [2.24, 2.45) is 52.5 Å². The number of halogens is 1. The molecule has 4 aliphatic rings. The van der Waals surface area contributed by atoms with Crippen molar-refractivity contribution in [1.29, 1.82) is 0 Å². The second kappa shape index (κ2) is 8.77. The standard InChI is InChI=1S/C28H43FN4O/c1-17-3-8-25(24(30)13-17)33(32)16-26(34)23-7-6-21-20-5-4-19-14-18(15-29)9-12-28(19,31)22(20)10-11-27(21,23)2/h3,8,13,18-23H,4-7,9-12,14-16,30-32H2,1-2H3/t18-,19+,20-,21?,22?,23+,27-,28+/m0/s1. The topological polar surface area (TPSA) is 98.4 Å². The van der Waals surface area contributed by atoms with Gasteiger partial charge in [-0.2, -0.15) is 0 Å². The number of ketones is 1. The molecule has 8 atom stereocenters. The quantitative estimate of drug-likeness (QED) is 0.327. The summed E-state index contributed by atoms with van der Waals surface area (Å²) < 4.78 is 13.4. The summed E-state index contributed by atoms with van der Waals surface area (Å²) in [7, 11) is 0. The highest BCUT2D eigenvalue weighted by atomic mass is 19.1. The van der Waals surface area contributed by atoms with Gasteiger partial charge in [0.05, 0.1) is 24.6 Å². The van der Waals surface area contributed by atoms with Gasteiger partial charge in [-0.05, 0) is 117 Å². The van der Waals surface area contributed by atoms with Crippen LogP contribution in [-0.2, 0) is 4.79 Å². The number of anilines is 2. The van der Waals surface area contributed by atoms with Crippen LogP contribution in [0.4, 0.5) is 15.8 Å². The second-order valence-electron chi connectivity index (χ2n) is 12.4. The number of fused-ring (bicyclic) bond motifs is 5. The lowest BCUT2D eigenvalue weighted by Crippen LogP contribution is -2.63. The largest absolute Gasteiger partial charge is 0.397 e. The molecule has 0 aromatic heterocycles. The molecule has 188 valence electrons. The predicted octanol–water partition coefficient (Wildman–Crippen LogP) is 4.76. The molecule has 0 heterocycles. The fourth-order valence-electron chi connectivity index (χ4n) is 8.99. The predicted molar refractivity (Wildman–Crippen MR) is 136 cm³/mol. The Morgan fingerprint density at radius 2 is 1.91 bits per heavy atom. The first kappa shape index (κ1) is 24.1. The summed E-state index contributed by atoms with van der Waals surface area (Å²) in [5.41, 5.74) is 15.7. The lowest BCUT2D eigenvalue weighted by atomic mass is 9.46. The highest BCUT2D eigenvalue weighted by Gasteiger charge is 2.61. The van der Waals surface area contributed by atoms with E-state index in [0.717, 1.165) is 62.6 Å². The lowest BCUT2D eigenvalue weighted by Gasteiger charge is -2.60. The van der Waals surface area contributed by atoms with Gasteiger partial charge in [-0.15, -0.1) is 0 Å². The molecule has 4 saturated carbocycles. The van der Waals surface area contributed by atoms with Gasteiger partial charge in [0.2, 0.25) is 0 Å². The van der Waals surface area contributed by atoms with Crippen LogP contribution in [0.1, 0.15) is 70.3 Å². The number of aryl methyl sites for hydroxylation is 1. The fraction of sp³-hybridized carbons (Fsp3) is 0.750. The number of carbonyl (C=O) groups is 1. The number of nitrogens with two attached hydrogens (primary N) is 3. The number of benzene rings is 1. The molecule has 6 heteroatoms. The number of rotatable bonds is 5. The highest BCUT2D eigenvalue weighted by molar-refractivity contribution is 5.87. The van der Waals surface area contributed by atoms with E-state index < -0.39 is 0 Å². The van der Waals surface area contributed by atoms with Gasteiger partial charge in [-0.3, -0.25) is 9.18 Å². The number of carbonyl (C=O) groups excluding carboxylic acids is 1. The highest BCUT2D eigenvalue weighted by Crippen LogP contribution is 2.65. The Labute approximate surface area is 204 Å². The molecule has 0 radical (unpaired) electrons. The van der Waals surface area contributed by atoms with Crippen LogP contribution in [0.25, 0.3) is 0 Å². The van der Waals surface area contributed by atoms with E-state index in [1.54, 1.807) is 0 Å². The number of nitrogen functional groups attached to an aromatic ring is 1. The van der Waals surface area contributed by atoms with E-state index in [2.05, 4.69) is 6.92 Å². The summed E-state index contributed by atoms with van der Waals surface area (Å²) in [5.74, 6) is 8.98. The van der Waals surface area contributed by atoms with Gasteiger partial charge in [0.15, 0.2) is 5.78 Å². The van der Waals surface area contributed by atoms with Crippen LogP contribution < -0.4 is 22.3 Å². The molecule has 5 rings (SSSR count). The Balaban J connectivity index is 1.30. The first-order chi connectivity index (χ1) is 16.2. The summed E-state index contributed by atoms with van der Waals surface area (Å²) in [6.45, 7) is 4.35. The monoisotopic (exact) mass is 470 g/mol. The van der Waals surface area contributed by atoms with Crippen LogP contribution >= 0.6 is 0 Å². The SMILES string of the molecule is Cc1ccc(N(N)CC(=O)[C@H]2CCC3[C@@H]4CC[C@@H]5C[C@@H](CF)CC[C@]5(N)C4CC[C@@]32C)c(N)c1. The van der Waals surface area contributed by atoms with Crippen molar-refractivity contribution in [2.45, 2.75) is 77.2 Å². The molecule has 6 N–H and O–H groups in total. The van der Waals surface area contributed by atoms with E-state index in [9.17, 15) is 9.18 Å². The van der Waals surface area contributed by atoms with Crippen molar-refractivity contribution in [3.63, 3.8) is 0 Å². The van der Waals surface area contributed by atoms with E-state index in [1.165, 1.54) is 11.4 Å². The summed E-state index contributed by atoms with van der Waals surface area (Å²) in [6.07, 6.45) is 9.42. The summed E-state index contributed by atoms with van der Waals surface area (Å²) in [4.78, 5) is 13.6. The van der Waals surface area contributed by atoms with Gasteiger partial charge in [0.25, 0.3) is 0 Å². The van der Waals surface area contributed by atoms with Gasteiger partial charge < -0.3 is 16.5 Å². The Hall–Kier alpha value is -1.66. The molecule has 34 heavy (non-hydrogen) atoms. The Morgan fingerprint density at radius 1 is 1.12 bits per heavy atom. The van der Waals surface area contributed by atoms with Crippen LogP contribution in [0, 0.1) is 47.8 Å². The van der Waals surface area contributed by atoms with Crippen molar-refractivity contribution < 1.29 is 9.18 Å². The number of nitrogens with zero attached hydrogens (tertiary/aromatic N) is 1. The van der Waals surface area contributed by atoms with Crippen molar-refractivity contribution in [2.75, 3.05) is 24.0 Å². The summed E-state index contributed by atoms with van der Waals surface area (Å²) in [6, 6.07) is 5.78. The number of hydrogen-bond donors (Lipinski definition) is 3. The number of hydrogen-bond acceptors (Lipinski definition) is 5. The number of hydrazine groups is 1. The lowest BCUT2D eigenvalue weighted by molar-refractivity contribution is -0.130. The molecule has 0 spiro atoms. The van der Waals surface area contributed by atoms with Crippen LogP contribution in [0.15, 0.2) is 18.2 Å². The van der Waals surface area contributed by atoms with Gasteiger partial charge in [-0.25, -0.2) is 5.84 Å². The van der Waals surface area contributed by atoms with E-state index in [4.69, 9.17) is 17.3 Å². The van der Waals surface area contributed by atoms with E-state index in [0.29, 0.717) is 29.4 Å². The average Bonchev–Trinajstić information content (AvgIpc) is 3.15. The van der Waals surface area contributed by atoms with Gasteiger partial charge in [0, 0.05) is 11.5 Å². The van der Waals surface area contributed by atoms with Crippen LogP contribution in [0.5, 0.6) is 0 Å². The summed E-state index contributed by atoms with van der Waals surface area (Å²) >= 11 is 0. The second-order valence-corrected chi connectivity index (χ2v) is 12.4. The Morgan fingerprint density at radius 3 is 2.65 bits per heavy atom. The zero-order valence-electron chi connectivity index (χ0n) is 20.9. The molecule has 4 aliphatic carbocycles. The van der Waals surface area contributed by atoms with E-state index >= 15 is 0 Å². The smallest absolute Gasteiger partial charge is 0.157 e. The summed E-state index contributed by atoms with van der Waals surface area (Å²) in [5, 5.41) is 1.53. The molecule has 2 unspecified atom stereocenters. The minimum atomic E-state index is -0.197. The van der Waals surface area contributed by atoms with Crippen molar-refractivity contribution >= 4 is 17.2 Å². The maximum Gasteiger partial charge on any atom is 0.157 e. The zero-order valence-corrected chi connectivity index (χ0v) is 20.9. The van der Waals surface area contributed by atoms with Gasteiger partial charge in [0.1, 0.15) is 0 Å². The molecular formula is C28H43FN4O. The maximum absolute atomic E-state index is 13.6. The average molecular weight is 471 g/mol. The number of Topliss-reactive ketones (excluding diaryl/α,β-unsaturated/α-hetero) is 1. The van der Waals surface area contributed by atoms with E-state index in [-0.39, 0.29) is 41.8 Å². The number of alkyl halides is 1. The first-order valence-electron chi connectivity index (χ1n) is 13.4. The third-order valence-corrected chi connectivity index (χ3v) is 10.8. The van der Waals surface area contributed by atoms with Crippen LogP contribution in [-0.4, -0.2) is 24.5 Å². The molecule has 4 fully saturated rings. The maximum atomic E-state index is 13.6. The van der Waals surface area contributed by atoms with Crippen molar-refractivity contribution in [3.8, 4) is 0 Å². The first-order valence-corrected chi connectivity index (χ1v) is 13.4. The van der Waals surface area contributed by atoms with Crippen LogP contribution in [0.3, 0.4) is 0 Å².